The molecule has 190 valence electrons. The zero-order chi connectivity index (χ0) is 24.6. The summed E-state index contributed by atoms with van der Waals surface area (Å²) in [5.74, 6) is -1.78. The second-order valence-corrected chi connectivity index (χ2v) is 8.11. The van der Waals surface area contributed by atoms with Crippen LogP contribution in [0.2, 0.25) is 0 Å². The fraction of sp³-hybridized carbons (Fsp3) is 0.762. The van der Waals surface area contributed by atoms with Gasteiger partial charge < -0.3 is 36.4 Å². The van der Waals surface area contributed by atoms with Crippen LogP contribution in [0.25, 0.3) is 0 Å². The number of carbonyl (C=O) groups is 3. The van der Waals surface area contributed by atoms with Crippen LogP contribution in [-0.4, -0.2) is 69.7 Å². The van der Waals surface area contributed by atoms with Crippen LogP contribution in [0.4, 0.5) is 4.79 Å². The van der Waals surface area contributed by atoms with Crippen LogP contribution >= 0.6 is 12.4 Å². The highest BCUT2D eigenvalue weighted by atomic mass is 35.5. The van der Waals surface area contributed by atoms with Gasteiger partial charge in [0.2, 0.25) is 0 Å². The lowest BCUT2D eigenvalue weighted by Crippen LogP contribution is -2.48. The number of unbranched alkanes of at least 4 members (excludes halogenated alkanes) is 1. The summed E-state index contributed by atoms with van der Waals surface area (Å²) in [6.07, 6.45) is 1.55. The van der Waals surface area contributed by atoms with Gasteiger partial charge in [0, 0.05) is 12.6 Å². The molecule has 4 unspecified atom stereocenters. The molecule has 11 heteroatoms. The Morgan fingerprint density at radius 3 is 2.06 bits per heavy atom. The molecule has 0 saturated heterocycles. The monoisotopic (exact) mass is 483 g/mol. The van der Waals surface area contributed by atoms with E-state index in [-0.39, 0.29) is 12.4 Å². The molecule has 0 bridgehead atoms. The number of hydrogen-bond donors (Lipinski definition) is 6. The number of amides is 2. The molecule has 7 N–H and O–H groups in total. The zero-order valence-corrected chi connectivity index (χ0v) is 20.6. The van der Waals surface area contributed by atoms with Crippen molar-refractivity contribution >= 4 is 30.4 Å². The highest BCUT2D eigenvalue weighted by Gasteiger charge is 2.28. The molecule has 0 aromatic heterocycles. The summed E-state index contributed by atoms with van der Waals surface area (Å²) >= 11 is 0. The number of carboxylic acids is 1. The normalized spacial score (nSPS) is 14.2. The van der Waals surface area contributed by atoms with Crippen LogP contribution < -0.4 is 16.4 Å². The maximum Gasteiger partial charge on any atom is 0.407 e. The first-order valence-electron chi connectivity index (χ1n) is 10.5. The van der Waals surface area contributed by atoms with E-state index in [9.17, 15) is 24.6 Å². The van der Waals surface area contributed by atoms with Gasteiger partial charge in [0.15, 0.2) is 6.10 Å². The third-order valence-electron chi connectivity index (χ3n) is 3.92. The molecule has 4 atom stereocenters. The zero-order valence-electron chi connectivity index (χ0n) is 19.8. The van der Waals surface area contributed by atoms with Crippen molar-refractivity contribution in [1.82, 2.24) is 10.6 Å². The van der Waals surface area contributed by atoms with Gasteiger partial charge in [-0.05, 0) is 33.6 Å². The number of halogens is 1. The number of aliphatic hydroxyl groups excluding tert-OH is 2. The van der Waals surface area contributed by atoms with Crippen molar-refractivity contribution in [2.45, 2.75) is 96.6 Å². The Kier molecular flexibility index (Phi) is 20.3. The summed E-state index contributed by atoms with van der Waals surface area (Å²) < 4.78 is 5.02. The second kappa shape index (κ2) is 18.7. The first kappa shape index (κ1) is 34.7. The third-order valence-corrected chi connectivity index (χ3v) is 3.92. The first-order chi connectivity index (χ1) is 14.3. The fourth-order valence-electron chi connectivity index (χ4n) is 2.33. The van der Waals surface area contributed by atoms with Crippen LogP contribution in [0.3, 0.4) is 0 Å². The molecule has 0 fully saturated rings. The Morgan fingerprint density at radius 1 is 1.09 bits per heavy atom. The molecule has 0 aromatic rings. The topological polar surface area (TPSA) is 171 Å². The van der Waals surface area contributed by atoms with Gasteiger partial charge in [-0.25, -0.2) is 9.59 Å². The number of aliphatic hydroxyl groups is 2. The maximum atomic E-state index is 11.5. The number of nitrogens with one attached hydrogen (secondary N) is 2. The molecule has 0 aliphatic rings. The van der Waals surface area contributed by atoms with E-state index < -0.39 is 47.9 Å². The molecule has 0 heterocycles. The van der Waals surface area contributed by atoms with Crippen LogP contribution in [0.1, 0.15) is 66.7 Å². The second-order valence-electron chi connectivity index (χ2n) is 8.11. The van der Waals surface area contributed by atoms with Gasteiger partial charge in [-0.1, -0.05) is 39.2 Å². The summed E-state index contributed by atoms with van der Waals surface area (Å²) in [5.41, 5.74) is 4.90. The van der Waals surface area contributed by atoms with Crippen LogP contribution in [0.5, 0.6) is 0 Å². The van der Waals surface area contributed by atoms with Crippen LogP contribution in [-0.2, 0) is 14.3 Å². The number of carboxylic acid groups (broad SMARTS) is 1. The van der Waals surface area contributed by atoms with E-state index in [4.69, 9.17) is 15.6 Å². The van der Waals surface area contributed by atoms with Gasteiger partial charge >= 0.3 is 12.1 Å². The number of hydrogen-bond acceptors (Lipinski definition) is 7. The summed E-state index contributed by atoms with van der Waals surface area (Å²) in [4.78, 5) is 33.4. The lowest BCUT2D eigenvalue weighted by Gasteiger charge is -2.25. The van der Waals surface area contributed by atoms with Crippen molar-refractivity contribution < 1.29 is 34.4 Å². The number of nitrogens with two attached hydrogens (primary N) is 1. The summed E-state index contributed by atoms with van der Waals surface area (Å²) in [7, 11) is 0. The Balaban J connectivity index is -0.000000535. The van der Waals surface area contributed by atoms with Crippen molar-refractivity contribution in [3.8, 4) is 0 Å². The quantitative estimate of drug-likeness (QED) is 0.228. The lowest BCUT2D eigenvalue weighted by molar-refractivity contribution is -0.148. The van der Waals surface area contributed by atoms with Crippen LogP contribution in [0, 0.1) is 0 Å². The van der Waals surface area contributed by atoms with E-state index in [1.165, 1.54) is 0 Å². The molecular formula is C21H42ClN3O7. The smallest absolute Gasteiger partial charge is 0.407 e. The molecule has 0 rings (SSSR count). The first-order valence-corrected chi connectivity index (χ1v) is 10.5. The Hall–Kier alpha value is -1.88. The minimum absolute atomic E-state index is 0. The SMILES string of the molecule is C=CCNC(=O)C(O)C(N)CCC.CCCCC(NC(=O)OC(C)(C)C)C(O)C(=O)O.Cl. The summed E-state index contributed by atoms with van der Waals surface area (Å²) in [5, 5.41) is 32.5. The molecule has 10 nitrogen and oxygen atoms in total. The largest absolute Gasteiger partial charge is 0.479 e. The van der Waals surface area contributed by atoms with E-state index in [2.05, 4.69) is 17.2 Å². The molecule has 0 aliphatic heterocycles. The van der Waals surface area contributed by atoms with E-state index in [1.807, 2.05) is 13.8 Å². The minimum Gasteiger partial charge on any atom is -0.479 e. The van der Waals surface area contributed by atoms with Gasteiger partial charge in [0.1, 0.15) is 11.7 Å². The average Bonchev–Trinajstić information content (AvgIpc) is 2.67. The predicted octanol–water partition coefficient (Wildman–Crippen LogP) is 1.71. The van der Waals surface area contributed by atoms with E-state index >= 15 is 0 Å². The summed E-state index contributed by atoms with van der Waals surface area (Å²) in [6.45, 7) is 12.8. The van der Waals surface area contributed by atoms with Crippen molar-refractivity contribution in [2.75, 3.05) is 6.54 Å². The van der Waals surface area contributed by atoms with Crippen molar-refractivity contribution in [3.05, 3.63) is 12.7 Å². The van der Waals surface area contributed by atoms with Gasteiger partial charge in [-0.2, -0.15) is 0 Å². The maximum absolute atomic E-state index is 11.5. The molecule has 2 amide bonds. The molecule has 0 saturated carbocycles. The Bertz CT molecular complexity index is 556. The Labute approximate surface area is 197 Å². The third kappa shape index (κ3) is 17.8. The van der Waals surface area contributed by atoms with Gasteiger partial charge in [0.25, 0.3) is 5.91 Å². The van der Waals surface area contributed by atoms with Crippen molar-refractivity contribution in [2.24, 2.45) is 5.73 Å². The highest BCUT2D eigenvalue weighted by molar-refractivity contribution is 5.85. The number of aliphatic carboxylic acids is 1. The Morgan fingerprint density at radius 2 is 1.66 bits per heavy atom. The molecular weight excluding hydrogens is 442 g/mol. The minimum atomic E-state index is -1.62. The molecule has 32 heavy (non-hydrogen) atoms. The number of carbonyl (C=O) groups excluding carboxylic acids is 2. The standard InChI is InChI=1S/C12H23NO5.C9H18N2O2.ClH/c1-5-6-7-8(9(14)10(15)16)13-11(17)18-12(2,3)4;1-3-5-7(10)8(12)9(13)11-6-4-2;/h8-9,14H,5-7H2,1-4H3,(H,13,17)(H,15,16);4,7-8,12H,2-3,5-6,10H2,1H3,(H,11,13);1H. The van der Waals surface area contributed by atoms with Crippen molar-refractivity contribution in [3.63, 3.8) is 0 Å². The van der Waals surface area contributed by atoms with E-state index in [0.29, 0.717) is 25.8 Å². The van der Waals surface area contributed by atoms with E-state index in [0.717, 1.165) is 12.8 Å². The molecule has 0 radical (unpaired) electrons. The van der Waals surface area contributed by atoms with Gasteiger partial charge in [-0.3, -0.25) is 4.79 Å². The average molecular weight is 484 g/mol. The van der Waals surface area contributed by atoms with Gasteiger partial charge in [0.05, 0.1) is 6.04 Å². The highest BCUT2D eigenvalue weighted by Crippen LogP contribution is 2.10. The lowest BCUT2D eigenvalue weighted by atomic mass is 10.0. The van der Waals surface area contributed by atoms with Gasteiger partial charge in [-0.15, -0.1) is 19.0 Å². The molecule has 0 aromatic carbocycles. The predicted molar refractivity (Wildman–Crippen MR) is 126 cm³/mol. The van der Waals surface area contributed by atoms with Crippen molar-refractivity contribution in [1.29, 1.82) is 0 Å². The van der Waals surface area contributed by atoms with Crippen LogP contribution in [0.15, 0.2) is 12.7 Å². The molecule has 0 aliphatic carbocycles. The number of ether oxygens (including phenoxy) is 1. The molecule has 0 spiro atoms. The number of rotatable bonds is 12. The summed E-state index contributed by atoms with van der Waals surface area (Å²) in [6, 6.07) is -1.31. The van der Waals surface area contributed by atoms with E-state index in [1.54, 1.807) is 26.8 Å². The fourth-order valence-corrected chi connectivity index (χ4v) is 2.33. The number of alkyl carbamates (subject to hydrolysis) is 1.